The molecule has 1 atom stereocenters. The van der Waals surface area contributed by atoms with Crippen molar-refractivity contribution in [3.05, 3.63) is 0 Å². The zero-order valence-corrected chi connectivity index (χ0v) is 17.2. The van der Waals surface area contributed by atoms with Gasteiger partial charge in [-0.05, 0) is 12.8 Å². The molecule has 0 aliphatic carbocycles. The fourth-order valence-corrected chi connectivity index (χ4v) is 6.71. The second kappa shape index (κ2) is 11.1. The summed E-state index contributed by atoms with van der Waals surface area (Å²) in [4.78, 5) is 37.7. The molecule has 154 valence electrons. The molecular formula is C17H30N4O4S2. The number of unbranched alkanes of at least 4 members (excludes halogenated alkanes) is 3. The van der Waals surface area contributed by atoms with Gasteiger partial charge in [0.2, 0.25) is 17.7 Å². The highest BCUT2D eigenvalue weighted by Gasteiger charge is 2.50. The van der Waals surface area contributed by atoms with Crippen LogP contribution in [0.25, 0.3) is 0 Å². The number of nitrogens with two attached hydrogens (primary N) is 1. The number of amides is 3. The van der Waals surface area contributed by atoms with E-state index in [1.165, 1.54) is 0 Å². The lowest BCUT2D eigenvalue weighted by molar-refractivity contribution is -0.138. The Morgan fingerprint density at radius 2 is 1.81 bits per heavy atom. The average Bonchev–Trinajstić information content (AvgIpc) is 3.28. The van der Waals surface area contributed by atoms with E-state index in [4.69, 9.17) is 10.9 Å². The molecule has 8 nitrogen and oxygen atoms in total. The van der Waals surface area contributed by atoms with Crippen LogP contribution in [0.15, 0.2) is 0 Å². The smallest absolute Gasteiger partial charge is 0.243 e. The third kappa shape index (κ3) is 6.55. The Hall–Kier alpha value is -0.970. The van der Waals surface area contributed by atoms with Crippen LogP contribution in [0.1, 0.15) is 44.9 Å². The molecule has 1 spiro atoms. The molecule has 2 aliphatic rings. The molecular weight excluding hydrogens is 388 g/mol. The second-order valence-corrected chi connectivity index (χ2v) is 10.1. The van der Waals surface area contributed by atoms with E-state index in [2.05, 4.69) is 5.32 Å². The van der Waals surface area contributed by atoms with E-state index in [1.807, 2.05) is 23.5 Å². The van der Waals surface area contributed by atoms with Gasteiger partial charge < -0.3 is 16.0 Å². The predicted octanol–water partition coefficient (Wildman–Crippen LogP) is 0.685. The maximum atomic E-state index is 12.7. The SMILES string of the molecule is NCCC(=O)N1CC2(C[C@H]1C(=O)NCCCCCCC(=O)NO)SCCS2. The second-order valence-electron chi connectivity index (χ2n) is 6.88. The predicted molar refractivity (Wildman–Crippen MR) is 107 cm³/mol. The molecule has 27 heavy (non-hydrogen) atoms. The highest BCUT2D eigenvalue weighted by molar-refractivity contribution is 8.21. The van der Waals surface area contributed by atoms with Crippen molar-refractivity contribution < 1.29 is 19.6 Å². The lowest BCUT2D eigenvalue weighted by atomic mass is 10.1. The van der Waals surface area contributed by atoms with Gasteiger partial charge in [0.15, 0.2) is 0 Å². The van der Waals surface area contributed by atoms with Crippen LogP contribution in [-0.4, -0.2) is 69.1 Å². The number of hydroxylamine groups is 1. The van der Waals surface area contributed by atoms with Crippen LogP contribution in [0.5, 0.6) is 0 Å². The molecule has 3 amide bonds. The summed E-state index contributed by atoms with van der Waals surface area (Å²) in [5.74, 6) is 1.64. The van der Waals surface area contributed by atoms with Crippen molar-refractivity contribution in [2.24, 2.45) is 5.73 Å². The van der Waals surface area contributed by atoms with Gasteiger partial charge in [0, 0.05) is 50.4 Å². The van der Waals surface area contributed by atoms with Gasteiger partial charge in [-0.2, -0.15) is 0 Å². The van der Waals surface area contributed by atoms with Crippen LogP contribution in [0.4, 0.5) is 0 Å². The summed E-state index contributed by atoms with van der Waals surface area (Å²) in [5, 5.41) is 11.4. The Balaban J connectivity index is 1.75. The van der Waals surface area contributed by atoms with Gasteiger partial charge in [-0.15, -0.1) is 23.5 Å². The summed E-state index contributed by atoms with van der Waals surface area (Å²) in [6, 6.07) is -0.407. The Kier molecular flexibility index (Phi) is 9.20. The molecule has 5 N–H and O–H groups in total. The van der Waals surface area contributed by atoms with Crippen molar-refractivity contribution in [3.63, 3.8) is 0 Å². The first-order valence-corrected chi connectivity index (χ1v) is 11.5. The van der Waals surface area contributed by atoms with Crippen LogP contribution >= 0.6 is 23.5 Å². The molecule has 0 saturated carbocycles. The number of hydrogen-bond acceptors (Lipinski definition) is 7. The Morgan fingerprint density at radius 1 is 1.11 bits per heavy atom. The number of rotatable bonds is 10. The number of nitrogens with one attached hydrogen (secondary N) is 2. The quantitative estimate of drug-likeness (QED) is 0.234. The summed E-state index contributed by atoms with van der Waals surface area (Å²) in [5.41, 5.74) is 7.15. The molecule has 0 bridgehead atoms. The van der Waals surface area contributed by atoms with Crippen LogP contribution in [0.3, 0.4) is 0 Å². The number of carbonyl (C=O) groups excluding carboxylic acids is 3. The van der Waals surface area contributed by atoms with Crippen LogP contribution < -0.4 is 16.5 Å². The van der Waals surface area contributed by atoms with E-state index in [0.717, 1.165) is 30.8 Å². The van der Waals surface area contributed by atoms with Crippen molar-refractivity contribution in [1.29, 1.82) is 0 Å². The summed E-state index contributed by atoms with van der Waals surface area (Å²) in [6.07, 6.45) is 4.57. The van der Waals surface area contributed by atoms with E-state index in [-0.39, 0.29) is 28.2 Å². The van der Waals surface area contributed by atoms with Gasteiger partial charge in [-0.1, -0.05) is 12.8 Å². The third-order valence-electron chi connectivity index (χ3n) is 4.84. The van der Waals surface area contributed by atoms with E-state index in [9.17, 15) is 14.4 Å². The van der Waals surface area contributed by atoms with Crippen molar-refractivity contribution >= 4 is 41.2 Å². The summed E-state index contributed by atoms with van der Waals surface area (Å²) in [7, 11) is 0. The molecule has 0 aromatic carbocycles. The molecule has 0 unspecified atom stereocenters. The van der Waals surface area contributed by atoms with Gasteiger partial charge in [0.1, 0.15) is 6.04 Å². The van der Waals surface area contributed by atoms with E-state index < -0.39 is 6.04 Å². The lowest BCUT2D eigenvalue weighted by Gasteiger charge is -2.24. The molecule has 2 saturated heterocycles. The zero-order valence-electron chi connectivity index (χ0n) is 15.6. The number of carbonyl (C=O) groups is 3. The molecule has 2 rings (SSSR count). The standard InChI is InChI=1S/C17H30N4O4S2/c18-7-6-15(23)21-12-17(26-9-10-27-17)11-13(21)16(24)19-8-4-2-1-3-5-14(22)20-25/h13,25H,1-12,18H2,(H,19,24)(H,20,22)/t13-/m0/s1. The van der Waals surface area contributed by atoms with E-state index in [1.54, 1.807) is 10.4 Å². The minimum absolute atomic E-state index is 0.0372. The Bertz CT molecular complexity index is 529. The number of likely N-dealkylation sites (tertiary alicyclic amines) is 1. The maximum Gasteiger partial charge on any atom is 0.243 e. The molecule has 0 aromatic rings. The summed E-state index contributed by atoms with van der Waals surface area (Å²) in [6.45, 7) is 1.48. The van der Waals surface area contributed by atoms with Gasteiger partial charge >= 0.3 is 0 Å². The zero-order chi connectivity index (χ0) is 19.7. The molecule has 2 fully saturated rings. The summed E-state index contributed by atoms with van der Waals surface area (Å²) < 4.78 is -0.0421. The highest BCUT2D eigenvalue weighted by atomic mass is 32.2. The van der Waals surface area contributed by atoms with Crippen LogP contribution in [-0.2, 0) is 14.4 Å². The Morgan fingerprint density at radius 3 is 2.48 bits per heavy atom. The van der Waals surface area contributed by atoms with Gasteiger partial charge in [-0.25, -0.2) is 5.48 Å². The largest absolute Gasteiger partial charge is 0.354 e. The molecule has 0 aromatic heterocycles. The fourth-order valence-electron chi connectivity index (χ4n) is 3.46. The normalized spacial score (nSPS) is 20.8. The van der Waals surface area contributed by atoms with Gasteiger partial charge in [0.25, 0.3) is 0 Å². The number of hydrogen-bond donors (Lipinski definition) is 4. The highest BCUT2D eigenvalue weighted by Crippen LogP contribution is 2.51. The molecule has 2 aliphatic heterocycles. The minimum Gasteiger partial charge on any atom is -0.354 e. The average molecular weight is 419 g/mol. The van der Waals surface area contributed by atoms with Gasteiger partial charge in [-0.3, -0.25) is 19.6 Å². The first-order valence-electron chi connectivity index (χ1n) is 9.49. The summed E-state index contributed by atoms with van der Waals surface area (Å²) >= 11 is 3.72. The maximum absolute atomic E-state index is 12.7. The minimum atomic E-state index is -0.407. The first kappa shape index (κ1) is 22.3. The molecule has 0 radical (unpaired) electrons. The lowest BCUT2D eigenvalue weighted by Crippen LogP contribution is -2.46. The van der Waals surface area contributed by atoms with Gasteiger partial charge in [0.05, 0.1) is 4.08 Å². The Labute approximate surface area is 168 Å². The fraction of sp³-hybridized carbons (Fsp3) is 0.824. The molecule has 10 heteroatoms. The van der Waals surface area contributed by atoms with Crippen molar-refractivity contribution in [2.75, 3.05) is 31.1 Å². The topological polar surface area (TPSA) is 125 Å². The van der Waals surface area contributed by atoms with Crippen LogP contribution in [0.2, 0.25) is 0 Å². The third-order valence-corrected chi connectivity index (χ3v) is 8.27. The first-order chi connectivity index (χ1) is 13.0. The number of nitrogens with zero attached hydrogens (tertiary/aromatic N) is 1. The van der Waals surface area contributed by atoms with Crippen LogP contribution in [0, 0.1) is 0 Å². The van der Waals surface area contributed by atoms with E-state index >= 15 is 0 Å². The molecule has 2 heterocycles. The number of thioether (sulfide) groups is 2. The monoisotopic (exact) mass is 418 g/mol. The van der Waals surface area contributed by atoms with Crippen molar-refractivity contribution in [2.45, 2.75) is 55.1 Å². The van der Waals surface area contributed by atoms with Crippen molar-refractivity contribution in [1.82, 2.24) is 15.7 Å². The van der Waals surface area contributed by atoms with Crippen molar-refractivity contribution in [3.8, 4) is 0 Å². The van der Waals surface area contributed by atoms with E-state index in [0.29, 0.717) is 38.9 Å².